The SMILES string of the molecule is CCSC1CC(Oc2ccc(-c3ccc4ccnn4c3C)cc2)CCN1C(N)=O. The molecule has 0 bridgehead atoms. The van der Waals surface area contributed by atoms with Gasteiger partial charge in [0.25, 0.3) is 0 Å². The number of likely N-dealkylation sites (tertiary alicyclic amines) is 1. The lowest BCUT2D eigenvalue weighted by Crippen LogP contribution is -2.49. The Morgan fingerprint density at radius 2 is 2.03 bits per heavy atom. The number of amides is 2. The molecule has 1 saturated heterocycles. The number of rotatable bonds is 5. The molecule has 2 atom stereocenters. The molecule has 152 valence electrons. The predicted molar refractivity (Wildman–Crippen MR) is 117 cm³/mol. The number of ether oxygens (including phenoxy) is 1. The van der Waals surface area contributed by atoms with Gasteiger partial charge >= 0.3 is 6.03 Å². The molecule has 3 aromatic rings. The average molecular weight is 411 g/mol. The molecule has 0 radical (unpaired) electrons. The van der Waals surface area contributed by atoms with E-state index in [1.165, 1.54) is 0 Å². The minimum Gasteiger partial charge on any atom is -0.490 e. The Balaban J connectivity index is 1.47. The molecule has 1 aliphatic heterocycles. The van der Waals surface area contributed by atoms with Crippen molar-refractivity contribution in [3.05, 3.63) is 54.4 Å². The highest BCUT2D eigenvalue weighted by molar-refractivity contribution is 7.99. The number of aryl methyl sites for hydroxylation is 1. The van der Waals surface area contributed by atoms with Gasteiger partial charge in [-0.2, -0.15) is 5.10 Å². The molecule has 29 heavy (non-hydrogen) atoms. The van der Waals surface area contributed by atoms with Gasteiger partial charge in [-0.05, 0) is 42.5 Å². The Morgan fingerprint density at radius 1 is 1.24 bits per heavy atom. The van der Waals surface area contributed by atoms with Crippen LogP contribution in [-0.2, 0) is 0 Å². The predicted octanol–water partition coefficient (Wildman–Crippen LogP) is 4.31. The maximum absolute atomic E-state index is 11.7. The number of thioether (sulfide) groups is 1. The van der Waals surface area contributed by atoms with Crippen molar-refractivity contribution in [1.29, 1.82) is 0 Å². The van der Waals surface area contributed by atoms with E-state index in [0.29, 0.717) is 6.54 Å². The summed E-state index contributed by atoms with van der Waals surface area (Å²) in [5.41, 5.74) is 10.0. The van der Waals surface area contributed by atoms with Gasteiger partial charge < -0.3 is 15.4 Å². The molecule has 0 spiro atoms. The van der Waals surface area contributed by atoms with Crippen molar-refractivity contribution < 1.29 is 9.53 Å². The van der Waals surface area contributed by atoms with E-state index in [4.69, 9.17) is 10.5 Å². The number of carbonyl (C=O) groups excluding carboxylic acids is 1. The van der Waals surface area contributed by atoms with Crippen LogP contribution in [0.4, 0.5) is 4.79 Å². The number of benzene rings is 1. The zero-order chi connectivity index (χ0) is 20.4. The molecule has 3 heterocycles. The molecule has 2 aromatic heterocycles. The van der Waals surface area contributed by atoms with E-state index in [9.17, 15) is 4.79 Å². The van der Waals surface area contributed by atoms with Gasteiger partial charge in [-0.25, -0.2) is 9.31 Å². The molecule has 1 aromatic carbocycles. The number of hydrogen-bond donors (Lipinski definition) is 1. The van der Waals surface area contributed by atoms with Crippen LogP contribution >= 0.6 is 11.8 Å². The van der Waals surface area contributed by atoms with E-state index >= 15 is 0 Å². The molecule has 1 aliphatic rings. The van der Waals surface area contributed by atoms with Crippen molar-refractivity contribution in [2.24, 2.45) is 5.73 Å². The second kappa shape index (κ2) is 8.37. The number of pyridine rings is 1. The standard InChI is InChI=1S/C22H26N4O2S/c1-3-29-21-14-19(11-13-25(21)22(23)27)28-18-7-4-16(5-8-18)20-9-6-17-10-12-24-26(17)15(20)2/h4-10,12,19,21H,3,11,13-14H2,1-2H3,(H2,23,27). The molecule has 2 unspecified atom stereocenters. The monoisotopic (exact) mass is 410 g/mol. The lowest BCUT2D eigenvalue weighted by molar-refractivity contribution is 0.104. The first-order chi connectivity index (χ1) is 14.1. The van der Waals surface area contributed by atoms with Crippen molar-refractivity contribution in [2.45, 2.75) is 38.2 Å². The number of hydrogen-bond acceptors (Lipinski definition) is 4. The number of fused-ring (bicyclic) bond motifs is 1. The maximum atomic E-state index is 11.7. The average Bonchev–Trinajstić information content (AvgIpc) is 3.19. The van der Waals surface area contributed by atoms with Gasteiger partial charge in [0.15, 0.2) is 0 Å². The molecule has 4 rings (SSSR count). The first-order valence-electron chi connectivity index (χ1n) is 9.95. The van der Waals surface area contributed by atoms with Crippen LogP contribution in [0, 0.1) is 6.92 Å². The van der Waals surface area contributed by atoms with E-state index in [2.05, 4.69) is 43.2 Å². The molecular formula is C22H26N4O2S. The summed E-state index contributed by atoms with van der Waals surface area (Å²) in [7, 11) is 0. The summed E-state index contributed by atoms with van der Waals surface area (Å²) in [5.74, 6) is 1.79. The highest BCUT2D eigenvalue weighted by atomic mass is 32.2. The van der Waals surface area contributed by atoms with Gasteiger partial charge in [0.1, 0.15) is 11.9 Å². The molecular weight excluding hydrogens is 384 g/mol. The van der Waals surface area contributed by atoms with Gasteiger partial charge in [0.2, 0.25) is 0 Å². The van der Waals surface area contributed by atoms with Crippen LogP contribution in [0.1, 0.15) is 25.5 Å². The minimum absolute atomic E-state index is 0.0824. The van der Waals surface area contributed by atoms with Crippen LogP contribution in [0.2, 0.25) is 0 Å². The largest absolute Gasteiger partial charge is 0.490 e. The van der Waals surface area contributed by atoms with E-state index in [1.807, 2.05) is 28.9 Å². The second-order valence-corrected chi connectivity index (χ2v) is 8.69. The number of piperidine rings is 1. The van der Waals surface area contributed by atoms with Crippen LogP contribution in [-0.4, -0.2) is 44.3 Å². The van der Waals surface area contributed by atoms with E-state index in [-0.39, 0.29) is 17.5 Å². The van der Waals surface area contributed by atoms with Crippen LogP contribution in [0.15, 0.2) is 48.7 Å². The third kappa shape index (κ3) is 4.05. The normalized spacial score (nSPS) is 19.4. The Bertz CT molecular complexity index is 1000. The summed E-state index contributed by atoms with van der Waals surface area (Å²) in [6.07, 6.45) is 3.48. The fraction of sp³-hybridized carbons (Fsp3) is 0.364. The summed E-state index contributed by atoms with van der Waals surface area (Å²) >= 11 is 1.74. The van der Waals surface area contributed by atoms with Gasteiger partial charge in [-0.1, -0.05) is 25.1 Å². The third-order valence-corrected chi connectivity index (χ3v) is 6.58. The lowest BCUT2D eigenvalue weighted by Gasteiger charge is -2.37. The van der Waals surface area contributed by atoms with E-state index in [0.717, 1.165) is 46.7 Å². The van der Waals surface area contributed by atoms with Gasteiger partial charge in [-0.3, -0.25) is 0 Å². The van der Waals surface area contributed by atoms with Crippen molar-refractivity contribution in [3.63, 3.8) is 0 Å². The van der Waals surface area contributed by atoms with Crippen LogP contribution in [0.25, 0.3) is 16.6 Å². The van der Waals surface area contributed by atoms with Crippen molar-refractivity contribution in [1.82, 2.24) is 14.5 Å². The van der Waals surface area contributed by atoms with Crippen LogP contribution < -0.4 is 10.5 Å². The lowest BCUT2D eigenvalue weighted by atomic mass is 10.0. The van der Waals surface area contributed by atoms with Crippen molar-refractivity contribution in [2.75, 3.05) is 12.3 Å². The molecule has 0 aliphatic carbocycles. The third-order valence-electron chi connectivity index (χ3n) is 5.41. The molecule has 1 fully saturated rings. The summed E-state index contributed by atoms with van der Waals surface area (Å²) in [4.78, 5) is 13.4. The Hall–Kier alpha value is -2.67. The smallest absolute Gasteiger partial charge is 0.315 e. The minimum atomic E-state index is -0.344. The van der Waals surface area contributed by atoms with E-state index < -0.39 is 0 Å². The number of aromatic nitrogens is 2. The topological polar surface area (TPSA) is 72.9 Å². The van der Waals surface area contributed by atoms with Gasteiger partial charge in [0, 0.05) is 36.8 Å². The zero-order valence-electron chi connectivity index (χ0n) is 16.7. The highest BCUT2D eigenvalue weighted by Gasteiger charge is 2.31. The van der Waals surface area contributed by atoms with E-state index in [1.54, 1.807) is 16.7 Å². The van der Waals surface area contributed by atoms with Crippen molar-refractivity contribution >= 4 is 23.3 Å². The first kappa shape index (κ1) is 19.6. The fourth-order valence-electron chi connectivity index (χ4n) is 3.94. The van der Waals surface area contributed by atoms with Crippen LogP contribution in [0.3, 0.4) is 0 Å². The molecule has 2 amide bonds. The number of urea groups is 1. The molecule has 0 saturated carbocycles. The second-order valence-electron chi connectivity index (χ2n) is 7.23. The highest BCUT2D eigenvalue weighted by Crippen LogP contribution is 2.31. The number of nitrogens with zero attached hydrogens (tertiary/aromatic N) is 3. The number of nitrogens with two attached hydrogens (primary N) is 1. The molecule has 7 heteroatoms. The fourth-order valence-corrected chi connectivity index (χ4v) is 5.07. The Morgan fingerprint density at radius 3 is 2.76 bits per heavy atom. The summed E-state index contributed by atoms with van der Waals surface area (Å²) in [5, 5.41) is 4.48. The van der Waals surface area contributed by atoms with Crippen molar-refractivity contribution in [3.8, 4) is 16.9 Å². The number of carbonyl (C=O) groups is 1. The summed E-state index contributed by atoms with van der Waals surface area (Å²) in [6, 6.07) is 14.1. The molecule has 6 nitrogen and oxygen atoms in total. The molecule has 2 N–H and O–H groups in total. The van der Waals surface area contributed by atoms with Gasteiger partial charge in [-0.15, -0.1) is 11.8 Å². The Kier molecular flexibility index (Phi) is 5.67. The quantitative estimate of drug-likeness (QED) is 0.680. The van der Waals surface area contributed by atoms with Gasteiger partial charge in [0.05, 0.1) is 10.9 Å². The first-order valence-corrected chi connectivity index (χ1v) is 11.0. The summed E-state index contributed by atoms with van der Waals surface area (Å²) in [6.45, 7) is 4.81. The number of primary amides is 1. The Labute approximate surface area is 175 Å². The van der Waals surface area contributed by atoms with Crippen LogP contribution in [0.5, 0.6) is 5.75 Å². The maximum Gasteiger partial charge on any atom is 0.315 e. The zero-order valence-corrected chi connectivity index (χ0v) is 17.6. The summed E-state index contributed by atoms with van der Waals surface area (Å²) < 4.78 is 8.19.